The summed E-state index contributed by atoms with van der Waals surface area (Å²) in [5.41, 5.74) is 0. The molecule has 2 bridgehead atoms. The average molecular weight is 217 g/mol. The van der Waals surface area contributed by atoms with Gasteiger partial charge in [0, 0.05) is 5.92 Å². The van der Waals surface area contributed by atoms with E-state index in [2.05, 4.69) is 0 Å². The van der Waals surface area contributed by atoms with Crippen molar-refractivity contribution in [1.82, 2.24) is 0 Å². The van der Waals surface area contributed by atoms with Crippen LogP contribution in [0.3, 0.4) is 0 Å². The van der Waals surface area contributed by atoms with E-state index in [4.69, 9.17) is 21.4 Å². The fourth-order valence-corrected chi connectivity index (χ4v) is 3.81. The largest absolute Gasteiger partial charge is 0.481 e. The molecule has 1 saturated heterocycles. The molecule has 14 heavy (non-hydrogen) atoms. The van der Waals surface area contributed by atoms with Gasteiger partial charge in [-0.05, 0) is 12.3 Å². The highest BCUT2D eigenvalue weighted by molar-refractivity contribution is 6.22. The fraction of sp³-hybridized carbons (Fsp3) is 0.778. The third-order valence-corrected chi connectivity index (χ3v) is 4.38. The molecule has 4 nitrogen and oxygen atoms in total. The van der Waals surface area contributed by atoms with E-state index in [0.29, 0.717) is 0 Å². The summed E-state index contributed by atoms with van der Waals surface area (Å²) in [5.74, 6) is -2.36. The Hall–Kier alpha value is -0.770. The zero-order chi connectivity index (χ0) is 10.0. The summed E-state index contributed by atoms with van der Waals surface area (Å²) in [6.07, 6.45) is 0.501. The maximum atomic E-state index is 11.4. The first-order chi connectivity index (χ1) is 6.61. The zero-order valence-corrected chi connectivity index (χ0v) is 7.98. The second-order valence-electron chi connectivity index (χ2n) is 4.30. The molecule has 6 atom stereocenters. The summed E-state index contributed by atoms with van der Waals surface area (Å²) in [6.45, 7) is 0. The molecule has 0 amide bonds. The Labute approximate surface area is 85.2 Å². The minimum Gasteiger partial charge on any atom is -0.481 e. The molecule has 0 aromatic rings. The van der Waals surface area contributed by atoms with Gasteiger partial charge in [-0.15, -0.1) is 11.6 Å². The van der Waals surface area contributed by atoms with Crippen LogP contribution < -0.4 is 0 Å². The highest BCUT2D eigenvalue weighted by Crippen LogP contribution is 2.59. The molecule has 0 radical (unpaired) electrons. The summed E-state index contributed by atoms with van der Waals surface area (Å²) in [7, 11) is 0. The van der Waals surface area contributed by atoms with E-state index in [1.165, 1.54) is 0 Å². The molecular formula is C9H9ClO4. The molecular weight excluding hydrogens is 208 g/mol. The molecule has 2 saturated carbocycles. The Balaban J connectivity index is 2.04. The molecule has 1 aliphatic heterocycles. The molecule has 5 heteroatoms. The molecule has 0 aromatic heterocycles. The van der Waals surface area contributed by atoms with Gasteiger partial charge in [-0.25, -0.2) is 0 Å². The van der Waals surface area contributed by atoms with E-state index in [-0.39, 0.29) is 29.3 Å². The van der Waals surface area contributed by atoms with Gasteiger partial charge in [0.25, 0.3) is 0 Å². The number of hydrogen-bond acceptors (Lipinski definition) is 3. The van der Waals surface area contributed by atoms with Crippen LogP contribution in [0.15, 0.2) is 0 Å². The Morgan fingerprint density at radius 1 is 1.50 bits per heavy atom. The van der Waals surface area contributed by atoms with E-state index >= 15 is 0 Å². The first-order valence-corrected chi connectivity index (χ1v) is 5.12. The minimum atomic E-state index is -0.912. The van der Waals surface area contributed by atoms with Gasteiger partial charge < -0.3 is 9.84 Å². The number of halogens is 1. The zero-order valence-electron chi connectivity index (χ0n) is 7.22. The minimum absolute atomic E-state index is 0.0519. The molecule has 76 valence electrons. The van der Waals surface area contributed by atoms with Gasteiger partial charge in [0.1, 0.15) is 6.10 Å². The standard InChI is InChI=1S/C9H9ClO4/c10-6-2-1-3-5(4(2)8(11)12)9(13)14-7(3)6/h2-7H,1H2,(H,11,12)/t2-,3-,4-,5+,6+,7+/m1/s1. The highest BCUT2D eigenvalue weighted by Gasteiger charge is 2.68. The van der Waals surface area contributed by atoms with Crippen LogP contribution >= 0.6 is 11.6 Å². The molecule has 3 aliphatic rings. The number of carbonyl (C=O) groups is 2. The third-order valence-electron chi connectivity index (χ3n) is 3.81. The first kappa shape index (κ1) is 8.53. The molecule has 0 aromatic carbocycles. The van der Waals surface area contributed by atoms with Crippen molar-refractivity contribution in [3.05, 3.63) is 0 Å². The molecule has 0 spiro atoms. The summed E-state index contributed by atoms with van der Waals surface area (Å²) in [5, 5.41) is 8.72. The van der Waals surface area contributed by atoms with E-state index in [1.54, 1.807) is 0 Å². The SMILES string of the molecule is O=C(O)[C@@H]1[C@H]2C[C@H]3[C@H](OC(=O)[C@@H]31)[C@H]2Cl. The molecule has 1 heterocycles. The van der Waals surface area contributed by atoms with E-state index in [1.807, 2.05) is 0 Å². The Morgan fingerprint density at radius 2 is 2.21 bits per heavy atom. The summed E-state index contributed by atoms with van der Waals surface area (Å²) < 4.78 is 5.10. The lowest BCUT2D eigenvalue weighted by Gasteiger charge is -2.24. The Morgan fingerprint density at radius 3 is 2.86 bits per heavy atom. The van der Waals surface area contributed by atoms with Gasteiger partial charge in [-0.3, -0.25) is 9.59 Å². The number of alkyl halides is 1. The van der Waals surface area contributed by atoms with Crippen LogP contribution in [0.5, 0.6) is 0 Å². The quantitative estimate of drug-likeness (QED) is 0.512. The van der Waals surface area contributed by atoms with Gasteiger partial charge in [-0.1, -0.05) is 0 Å². The number of carboxylic acid groups (broad SMARTS) is 1. The smallest absolute Gasteiger partial charge is 0.310 e. The number of carboxylic acids is 1. The number of esters is 1. The number of aliphatic carboxylic acids is 1. The summed E-state index contributed by atoms with van der Waals surface area (Å²) >= 11 is 6.07. The van der Waals surface area contributed by atoms with Crippen LogP contribution in [0.1, 0.15) is 6.42 Å². The maximum Gasteiger partial charge on any atom is 0.310 e. The maximum absolute atomic E-state index is 11.4. The molecule has 3 rings (SSSR count). The van der Waals surface area contributed by atoms with Crippen molar-refractivity contribution < 1.29 is 19.4 Å². The van der Waals surface area contributed by atoms with Crippen molar-refractivity contribution >= 4 is 23.5 Å². The fourth-order valence-electron chi connectivity index (χ4n) is 3.31. The van der Waals surface area contributed by atoms with Gasteiger partial charge in [0.05, 0.1) is 17.2 Å². The van der Waals surface area contributed by atoms with Crippen LogP contribution in [-0.2, 0) is 14.3 Å². The highest BCUT2D eigenvalue weighted by atomic mass is 35.5. The van der Waals surface area contributed by atoms with Crippen molar-refractivity contribution in [2.75, 3.05) is 0 Å². The molecule has 0 unspecified atom stereocenters. The number of carbonyl (C=O) groups excluding carboxylic acids is 1. The van der Waals surface area contributed by atoms with Gasteiger partial charge in [0.15, 0.2) is 0 Å². The van der Waals surface area contributed by atoms with Crippen molar-refractivity contribution in [1.29, 1.82) is 0 Å². The second-order valence-corrected chi connectivity index (χ2v) is 4.80. The number of ether oxygens (including phenoxy) is 1. The van der Waals surface area contributed by atoms with Crippen LogP contribution in [0.25, 0.3) is 0 Å². The average Bonchev–Trinajstić information content (AvgIpc) is 2.67. The molecule has 1 N–H and O–H groups in total. The van der Waals surface area contributed by atoms with E-state index in [9.17, 15) is 9.59 Å². The summed E-state index contributed by atoms with van der Waals surface area (Å²) in [6, 6.07) is 0. The van der Waals surface area contributed by atoms with Crippen LogP contribution in [0.2, 0.25) is 0 Å². The van der Waals surface area contributed by atoms with Crippen molar-refractivity contribution in [3.63, 3.8) is 0 Å². The number of rotatable bonds is 1. The van der Waals surface area contributed by atoms with Crippen LogP contribution in [-0.4, -0.2) is 28.5 Å². The van der Waals surface area contributed by atoms with Crippen LogP contribution in [0, 0.1) is 23.7 Å². The Bertz CT molecular complexity index is 329. The van der Waals surface area contributed by atoms with Crippen molar-refractivity contribution in [2.45, 2.75) is 17.9 Å². The normalized spacial score (nSPS) is 53.6. The summed E-state index contributed by atoms with van der Waals surface area (Å²) in [4.78, 5) is 22.4. The Kier molecular flexibility index (Phi) is 1.48. The van der Waals surface area contributed by atoms with Crippen molar-refractivity contribution in [3.8, 4) is 0 Å². The lowest BCUT2D eigenvalue weighted by atomic mass is 9.80. The first-order valence-electron chi connectivity index (χ1n) is 4.68. The second kappa shape index (κ2) is 2.42. The monoisotopic (exact) mass is 216 g/mol. The lowest BCUT2D eigenvalue weighted by molar-refractivity contribution is -0.151. The number of fused-ring (bicyclic) bond motifs is 1. The van der Waals surface area contributed by atoms with Crippen molar-refractivity contribution in [2.24, 2.45) is 23.7 Å². The lowest BCUT2D eigenvalue weighted by Crippen LogP contribution is -2.38. The van der Waals surface area contributed by atoms with Crippen LogP contribution in [0.4, 0.5) is 0 Å². The molecule has 2 aliphatic carbocycles. The van der Waals surface area contributed by atoms with E-state index in [0.717, 1.165) is 6.42 Å². The predicted octanol–water partition coefficient (Wildman–Crippen LogP) is 0.486. The van der Waals surface area contributed by atoms with Gasteiger partial charge in [-0.2, -0.15) is 0 Å². The topological polar surface area (TPSA) is 63.6 Å². The predicted molar refractivity (Wildman–Crippen MR) is 45.7 cm³/mol. The van der Waals surface area contributed by atoms with Gasteiger partial charge in [0.2, 0.25) is 0 Å². The third kappa shape index (κ3) is 0.764. The molecule has 3 fully saturated rings. The number of hydrogen-bond donors (Lipinski definition) is 1. The van der Waals surface area contributed by atoms with Gasteiger partial charge >= 0.3 is 11.9 Å². The van der Waals surface area contributed by atoms with E-state index < -0.39 is 17.8 Å².